The number of nitrogens with zero attached hydrogens (tertiary/aromatic N) is 4. The Kier molecular flexibility index (Phi) is 6.24. The van der Waals surface area contributed by atoms with Crippen LogP contribution in [0.4, 0.5) is 5.69 Å². The predicted octanol–water partition coefficient (Wildman–Crippen LogP) is 4.19. The van der Waals surface area contributed by atoms with Gasteiger partial charge in [0.1, 0.15) is 11.5 Å². The van der Waals surface area contributed by atoms with E-state index >= 15 is 0 Å². The van der Waals surface area contributed by atoms with Crippen LogP contribution in [0.5, 0.6) is 11.5 Å². The number of halogens is 1. The number of amides is 1. The van der Waals surface area contributed by atoms with Crippen molar-refractivity contribution >= 4 is 40.6 Å². The van der Waals surface area contributed by atoms with Crippen molar-refractivity contribution in [3.8, 4) is 22.8 Å². The Hall–Kier alpha value is -3.30. The van der Waals surface area contributed by atoms with Crippen LogP contribution in [-0.2, 0) is 4.79 Å². The Morgan fingerprint density at radius 2 is 1.97 bits per heavy atom. The summed E-state index contributed by atoms with van der Waals surface area (Å²) in [6.45, 7) is 0. The predicted molar refractivity (Wildman–Crippen MR) is 120 cm³/mol. The molecular weight excluding hydrogens is 438 g/mol. The topological polar surface area (TPSA) is 90.6 Å². The summed E-state index contributed by atoms with van der Waals surface area (Å²) < 4.78 is 12.2. The third kappa shape index (κ3) is 4.73. The fourth-order valence-electron chi connectivity index (χ4n) is 2.89. The van der Waals surface area contributed by atoms with Gasteiger partial charge in [0.25, 0.3) is 0 Å². The van der Waals surface area contributed by atoms with Gasteiger partial charge in [-0.3, -0.25) is 4.79 Å². The minimum Gasteiger partial charge on any atom is -0.497 e. The summed E-state index contributed by atoms with van der Waals surface area (Å²) in [5.41, 5.74) is 2.73. The number of fused-ring (bicyclic) bond motifs is 1. The highest BCUT2D eigenvalue weighted by atomic mass is 35.5. The molecule has 2 aromatic heterocycles. The van der Waals surface area contributed by atoms with Gasteiger partial charge in [-0.1, -0.05) is 35.5 Å². The summed E-state index contributed by atoms with van der Waals surface area (Å²) >= 11 is 7.24. The average molecular weight is 456 g/mol. The van der Waals surface area contributed by atoms with Crippen LogP contribution in [-0.4, -0.2) is 45.7 Å². The first kappa shape index (κ1) is 21.0. The van der Waals surface area contributed by atoms with Gasteiger partial charge in [-0.25, -0.2) is 0 Å². The van der Waals surface area contributed by atoms with Crippen LogP contribution in [0.15, 0.2) is 59.8 Å². The zero-order valence-corrected chi connectivity index (χ0v) is 18.3. The molecule has 0 radical (unpaired) electrons. The van der Waals surface area contributed by atoms with Gasteiger partial charge in [0.05, 0.1) is 31.4 Å². The highest BCUT2D eigenvalue weighted by Crippen LogP contribution is 2.28. The normalized spacial score (nSPS) is 10.8. The molecule has 2 aromatic carbocycles. The van der Waals surface area contributed by atoms with Crippen LogP contribution in [0.3, 0.4) is 0 Å². The van der Waals surface area contributed by atoms with Crippen molar-refractivity contribution in [2.24, 2.45) is 0 Å². The Labute approximate surface area is 187 Å². The summed E-state index contributed by atoms with van der Waals surface area (Å²) in [5.74, 6) is 1.15. The lowest BCUT2D eigenvalue weighted by Crippen LogP contribution is -2.15. The van der Waals surface area contributed by atoms with Gasteiger partial charge >= 0.3 is 0 Å². The highest BCUT2D eigenvalue weighted by molar-refractivity contribution is 7.99. The van der Waals surface area contributed by atoms with Crippen LogP contribution in [0.25, 0.3) is 16.9 Å². The molecule has 2 heterocycles. The fraction of sp³-hybridized carbons (Fsp3) is 0.143. The molecule has 1 N–H and O–H groups in total. The number of hydrogen-bond acceptors (Lipinski definition) is 7. The maximum atomic E-state index is 12.5. The first-order valence-corrected chi connectivity index (χ1v) is 10.6. The van der Waals surface area contributed by atoms with E-state index in [1.54, 1.807) is 29.8 Å². The van der Waals surface area contributed by atoms with Gasteiger partial charge in [0.2, 0.25) is 11.1 Å². The SMILES string of the molecule is COc1cccc(-c2ccc3nnc(SCC(=O)Nc4cc(Cl)ccc4OC)n3n2)c1. The Morgan fingerprint density at radius 1 is 1.10 bits per heavy atom. The van der Waals surface area contributed by atoms with Crippen molar-refractivity contribution in [2.45, 2.75) is 5.16 Å². The molecular formula is C21H18ClN5O3S. The largest absolute Gasteiger partial charge is 0.497 e. The molecule has 4 aromatic rings. The van der Waals surface area contributed by atoms with E-state index in [0.29, 0.717) is 27.3 Å². The number of carbonyl (C=O) groups excluding carboxylic acids is 1. The van der Waals surface area contributed by atoms with E-state index in [2.05, 4.69) is 20.6 Å². The second-order valence-corrected chi connectivity index (χ2v) is 7.76. The van der Waals surface area contributed by atoms with Gasteiger partial charge in [0, 0.05) is 10.6 Å². The first-order chi connectivity index (χ1) is 15.1. The molecule has 158 valence electrons. The molecule has 0 unspecified atom stereocenters. The van der Waals surface area contributed by atoms with Crippen molar-refractivity contribution < 1.29 is 14.3 Å². The van der Waals surface area contributed by atoms with Crippen LogP contribution < -0.4 is 14.8 Å². The van der Waals surface area contributed by atoms with E-state index in [-0.39, 0.29) is 11.7 Å². The Balaban J connectivity index is 1.51. The monoisotopic (exact) mass is 455 g/mol. The molecule has 4 rings (SSSR count). The number of thioether (sulfide) groups is 1. The number of methoxy groups -OCH3 is 2. The molecule has 0 saturated carbocycles. The zero-order valence-electron chi connectivity index (χ0n) is 16.7. The second kappa shape index (κ2) is 9.23. The molecule has 31 heavy (non-hydrogen) atoms. The first-order valence-electron chi connectivity index (χ1n) is 9.20. The highest BCUT2D eigenvalue weighted by Gasteiger charge is 2.13. The molecule has 0 bridgehead atoms. The summed E-state index contributed by atoms with van der Waals surface area (Å²) in [4.78, 5) is 12.5. The molecule has 0 aliphatic rings. The van der Waals surface area contributed by atoms with E-state index in [1.807, 2.05) is 36.4 Å². The number of aromatic nitrogens is 4. The number of hydrogen-bond donors (Lipinski definition) is 1. The summed E-state index contributed by atoms with van der Waals surface area (Å²) in [5, 5.41) is 16.7. The molecule has 1 amide bonds. The quantitative estimate of drug-likeness (QED) is 0.418. The van der Waals surface area contributed by atoms with Gasteiger partial charge in [-0.2, -0.15) is 9.61 Å². The average Bonchev–Trinajstić information content (AvgIpc) is 3.20. The lowest BCUT2D eigenvalue weighted by Gasteiger charge is -2.10. The molecule has 0 aliphatic carbocycles. The molecule has 10 heteroatoms. The number of carbonyl (C=O) groups is 1. The Morgan fingerprint density at radius 3 is 2.77 bits per heavy atom. The minimum atomic E-state index is -0.230. The smallest absolute Gasteiger partial charge is 0.234 e. The van der Waals surface area contributed by atoms with E-state index in [4.69, 9.17) is 21.1 Å². The Bertz CT molecular complexity index is 1250. The maximum absolute atomic E-state index is 12.5. The van der Waals surface area contributed by atoms with Gasteiger partial charge in [0.15, 0.2) is 5.65 Å². The third-order valence-electron chi connectivity index (χ3n) is 4.37. The summed E-state index contributed by atoms with van der Waals surface area (Å²) in [6.07, 6.45) is 0. The standard InChI is InChI=1S/C21H18ClN5O3S/c1-29-15-5-3-4-13(10-15)16-7-9-19-24-25-21(27(19)26-16)31-12-20(28)23-17-11-14(22)6-8-18(17)30-2/h3-11H,12H2,1-2H3,(H,23,28). The lowest BCUT2D eigenvalue weighted by atomic mass is 10.1. The minimum absolute atomic E-state index is 0.113. The van der Waals surface area contributed by atoms with Gasteiger partial charge in [-0.15, -0.1) is 10.2 Å². The molecule has 0 saturated heterocycles. The fourth-order valence-corrected chi connectivity index (χ4v) is 3.75. The van der Waals surface area contributed by atoms with Gasteiger partial charge < -0.3 is 14.8 Å². The zero-order chi connectivity index (χ0) is 21.8. The van der Waals surface area contributed by atoms with E-state index in [1.165, 1.54) is 18.9 Å². The molecule has 0 atom stereocenters. The van der Waals surface area contributed by atoms with Crippen molar-refractivity contribution in [1.29, 1.82) is 0 Å². The number of ether oxygens (including phenoxy) is 2. The molecule has 8 nitrogen and oxygen atoms in total. The molecule has 0 fully saturated rings. The number of rotatable bonds is 7. The van der Waals surface area contributed by atoms with E-state index in [0.717, 1.165) is 17.0 Å². The van der Waals surface area contributed by atoms with Crippen LogP contribution in [0.1, 0.15) is 0 Å². The second-order valence-electron chi connectivity index (χ2n) is 6.38. The molecule has 0 aliphatic heterocycles. The van der Waals surface area contributed by atoms with Gasteiger partial charge in [-0.05, 0) is 42.5 Å². The van der Waals surface area contributed by atoms with E-state index in [9.17, 15) is 4.79 Å². The van der Waals surface area contributed by atoms with Crippen LogP contribution >= 0.6 is 23.4 Å². The van der Waals surface area contributed by atoms with Crippen molar-refractivity contribution in [2.75, 3.05) is 25.3 Å². The third-order valence-corrected chi connectivity index (χ3v) is 5.52. The van der Waals surface area contributed by atoms with Crippen LogP contribution in [0, 0.1) is 0 Å². The lowest BCUT2D eigenvalue weighted by molar-refractivity contribution is -0.113. The number of benzene rings is 2. The van der Waals surface area contributed by atoms with Crippen molar-refractivity contribution in [3.05, 3.63) is 59.6 Å². The van der Waals surface area contributed by atoms with E-state index < -0.39 is 0 Å². The van der Waals surface area contributed by atoms with Crippen molar-refractivity contribution in [3.63, 3.8) is 0 Å². The van der Waals surface area contributed by atoms with Crippen LogP contribution in [0.2, 0.25) is 5.02 Å². The summed E-state index contributed by atoms with van der Waals surface area (Å²) in [6, 6.07) is 16.3. The molecule has 0 spiro atoms. The van der Waals surface area contributed by atoms with Crippen molar-refractivity contribution in [1.82, 2.24) is 19.8 Å². The number of anilines is 1. The summed E-state index contributed by atoms with van der Waals surface area (Å²) in [7, 11) is 3.15. The maximum Gasteiger partial charge on any atom is 0.234 e. The number of nitrogens with one attached hydrogen (secondary N) is 1.